The maximum Gasteiger partial charge on any atom is 0.248 e. The van der Waals surface area contributed by atoms with Crippen LogP contribution in [0, 0.1) is 5.41 Å². The summed E-state index contributed by atoms with van der Waals surface area (Å²) in [4.78, 5) is 29.3. The zero-order valence-electron chi connectivity index (χ0n) is 19.2. The molecule has 2 saturated heterocycles. The van der Waals surface area contributed by atoms with Crippen molar-refractivity contribution in [1.82, 2.24) is 30.1 Å². The topological polar surface area (TPSA) is 138 Å². The molecule has 0 radical (unpaired) electrons. The minimum atomic E-state index is -3.00. The van der Waals surface area contributed by atoms with E-state index in [1.807, 2.05) is 25.7 Å². The van der Waals surface area contributed by atoms with E-state index < -0.39 is 33.4 Å². The number of hydrogen-bond acceptors (Lipinski definition) is 8. The number of likely N-dealkylation sites (tertiary alicyclic amines) is 1. The molecule has 3 atom stereocenters. The first-order valence-corrected chi connectivity index (χ1v) is 12.8. The summed E-state index contributed by atoms with van der Waals surface area (Å²) < 4.78 is 25.2. The highest BCUT2D eigenvalue weighted by atomic mass is 32.2. The van der Waals surface area contributed by atoms with Crippen LogP contribution in [0.5, 0.6) is 0 Å². The summed E-state index contributed by atoms with van der Waals surface area (Å²) in [6.45, 7) is 7.38. The third-order valence-corrected chi connectivity index (χ3v) is 7.74. The number of aliphatic hydroxyl groups is 1. The predicted molar refractivity (Wildman–Crippen MR) is 117 cm³/mol. The molecule has 32 heavy (non-hydrogen) atoms. The molecule has 0 saturated carbocycles. The number of carbonyl (C=O) groups excluding carboxylic acids is 2. The zero-order chi connectivity index (χ0) is 23.7. The molecule has 2 fully saturated rings. The number of likely N-dealkylation sites (N-methyl/N-ethyl adjacent to an activating group) is 1. The van der Waals surface area contributed by atoms with Gasteiger partial charge in [0.1, 0.15) is 12.1 Å². The lowest BCUT2D eigenvalue weighted by Crippen LogP contribution is -2.49. The van der Waals surface area contributed by atoms with Gasteiger partial charge in [0.2, 0.25) is 11.8 Å². The maximum atomic E-state index is 13.6. The Morgan fingerprint density at radius 2 is 2.00 bits per heavy atom. The monoisotopic (exact) mass is 470 g/mol. The Morgan fingerprint density at radius 3 is 2.66 bits per heavy atom. The molecule has 12 heteroatoms. The van der Waals surface area contributed by atoms with Crippen molar-refractivity contribution in [2.45, 2.75) is 58.3 Å². The fourth-order valence-electron chi connectivity index (χ4n) is 4.40. The van der Waals surface area contributed by atoms with E-state index in [4.69, 9.17) is 0 Å². The van der Waals surface area contributed by atoms with Gasteiger partial charge in [-0.1, -0.05) is 26.0 Å². The number of rotatable bonds is 5. The van der Waals surface area contributed by atoms with E-state index in [1.54, 1.807) is 6.20 Å². The maximum absolute atomic E-state index is 13.6. The van der Waals surface area contributed by atoms with Crippen molar-refractivity contribution in [3.05, 3.63) is 11.9 Å². The van der Waals surface area contributed by atoms with Crippen molar-refractivity contribution in [3.63, 3.8) is 0 Å². The fourth-order valence-corrected chi connectivity index (χ4v) is 5.71. The molecule has 2 aliphatic heterocycles. The number of nitrogens with zero attached hydrogens (tertiary/aromatic N) is 5. The first-order valence-electron chi connectivity index (χ1n) is 10.9. The van der Waals surface area contributed by atoms with Crippen molar-refractivity contribution >= 4 is 21.7 Å². The molecule has 2 N–H and O–H groups in total. The molecular formula is C20H34N6O5S. The number of sulfone groups is 1. The predicted octanol–water partition coefficient (Wildman–Crippen LogP) is -0.806. The summed E-state index contributed by atoms with van der Waals surface area (Å²) in [5.41, 5.74) is 0.121. The number of carbonyl (C=O) groups is 2. The summed E-state index contributed by atoms with van der Waals surface area (Å²) in [5, 5.41) is 21.1. The molecule has 0 spiro atoms. The van der Waals surface area contributed by atoms with Crippen LogP contribution in [0.3, 0.4) is 0 Å². The van der Waals surface area contributed by atoms with Gasteiger partial charge in [-0.2, -0.15) is 0 Å². The van der Waals surface area contributed by atoms with Crippen LogP contribution in [-0.2, 0) is 26.0 Å². The number of hydrogen-bond donors (Lipinski definition) is 2. The molecule has 2 aliphatic rings. The highest BCUT2D eigenvalue weighted by Gasteiger charge is 2.45. The van der Waals surface area contributed by atoms with Crippen molar-refractivity contribution in [3.8, 4) is 0 Å². The van der Waals surface area contributed by atoms with Gasteiger partial charge in [0.15, 0.2) is 9.84 Å². The molecule has 180 valence electrons. The van der Waals surface area contributed by atoms with Crippen LogP contribution in [0.2, 0.25) is 0 Å². The molecule has 0 bridgehead atoms. The largest absolute Gasteiger partial charge is 0.391 e. The summed E-state index contributed by atoms with van der Waals surface area (Å²) in [7, 11) is -1.49. The summed E-state index contributed by atoms with van der Waals surface area (Å²) in [6.07, 6.45) is 1.74. The standard InChI is InChI=1S/C20H34N6O5S/c1-20(2,3)17(19(29)25-13-15(27)10-16(25)18(28)21-4)26-12-14(22-23-26)11-24-6-5-8-32(30,31)9-7-24/h12,15-17,27H,5-11,13H2,1-4H3,(H,21,28)/t15?,16?,17-/m1/s1. The second-order valence-electron chi connectivity index (χ2n) is 9.75. The Balaban J connectivity index is 1.79. The van der Waals surface area contributed by atoms with E-state index >= 15 is 0 Å². The van der Waals surface area contributed by atoms with Crippen molar-refractivity contribution in [1.29, 1.82) is 0 Å². The minimum Gasteiger partial charge on any atom is -0.391 e. The van der Waals surface area contributed by atoms with E-state index in [1.165, 1.54) is 16.6 Å². The summed E-state index contributed by atoms with van der Waals surface area (Å²) >= 11 is 0. The van der Waals surface area contributed by atoms with Crippen LogP contribution in [0.25, 0.3) is 0 Å². The van der Waals surface area contributed by atoms with Gasteiger partial charge in [0, 0.05) is 33.1 Å². The van der Waals surface area contributed by atoms with E-state index in [0.29, 0.717) is 31.7 Å². The summed E-state index contributed by atoms with van der Waals surface area (Å²) in [5.74, 6) is -0.272. The number of β-amino-alcohol motifs (C(OH)–C–C–N with tert-alkyl or cyclic N) is 1. The van der Waals surface area contributed by atoms with E-state index in [-0.39, 0.29) is 36.3 Å². The molecule has 0 aromatic carbocycles. The van der Waals surface area contributed by atoms with Crippen molar-refractivity contribution < 1.29 is 23.1 Å². The van der Waals surface area contributed by atoms with Crippen LogP contribution in [0.4, 0.5) is 0 Å². The third-order valence-electron chi connectivity index (χ3n) is 6.02. The van der Waals surface area contributed by atoms with Crippen LogP contribution in [0.1, 0.15) is 45.3 Å². The van der Waals surface area contributed by atoms with Crippen LogP contribution in [-0.4, -0.2) is 100 Å². The molecule has 0 aliphatic carbocycles. The quantitative estimate of drug-likeness (QED) is 0.570. The molecule has 3 heterocycles. The Labute approximate surface area is 189 Å². The van der Waals surface area contributed by atoms with E-state index in [0.717, 1.165) is 0 Å². The zero-order valence-corrected chi connectivity index (χ0v) is 20.0. The van der Waals surface area contributed by atoms with E-state index in [2.05, 4.69) is 15.6 Å². The fraction of sp³-hybridized carbons (Fsp3) is 0.800. The molecule has 3 rings (SSSR count). The minimum absolute atomic E-state index is 0.0906. The highest BCUT2D eigenvalue weighted by Crippen LogP contribution is 2.34. The van der Waals surface area contributed by atoms with Gasteiger partial charge in [0.25, 0.3) is 0 Å². The van der Waals surface area contributed by atoms with Gasteiger partial charge in [-0.15, -0.1) is 5.10 Å². The van der Waals surface area contributed by atoms with Gasteiger partial charge in [-0.25, -0.2) is 13.1 Å². The van der Waals surface area contributed by atoms with E-state index in [9.17, 15) is 23.1 Å². The highest BCUT2D eigenvalue weighted by molar-refractivity contribution is 7.91. The molecule has 1 aromatic rings. The molecule has 11 nitrogen and oxygen atoms in total. The van der Waals surface area contributed by atoms with Crippen molar-refractivity contribution in [2.24, 2.45) is 5.41 Å². The first-order chi connectivity index (χ1) is 14.9. The average molecular weight is 471 g/mol. The molecule has 2 amide bonds. The van der Waals surface area contributed by atoms with Crippen molar-refractivity contribution in [2.75, 3.05) is 38.2 Å². The van der Waals surface area contributed by atoms with Gasteiger partial charge < -0.3 is 15.3 Å². The second kappa shape index (κ2) is 9.44. The first kappa shape index (κ1) is 24.6. The average Bonchev–Trinajstić information content (AvgIpc) is 3.26. The van der Waals surface area contributed by atoms with Gasteiger partial charge in [-0.3, -0.25) is 14.5 Å². The molecular weight excluding hydrogens is 436 g/mol. The Bertz CT molecular complexity index is 941. The lowest BCUT2D eigenvalue weighted by molar-refractivity contribution is -0.144. The van der Waals surface area contributed by atoms with Crippen LogP contribution in [0.15, 0.2) is 6.20 Å². The Morgan fingerprint density at radius 1 is 1.28 bits per heavy atom. The van der Waals surface area contributed by atoms with Gasteiger partial charge in [-0.05, 0) is 18.4 Å². The number of amides is 2. The van der Waals surface area contributed by atoms with Crippen LogP contribution >= 0.6 is 0 Å². The SMILES string of the molecule is CNC(=O)C1CC(O)CN1C(=O)[C@@H](n1cc(CN2CCCS(=O)(=O)CC2)nn1)C(C)(C)C. The molecule has 1 aromatic heterocycles. The summed E-state index contributed by atoms with van der Waals surface area (Å²) in [6, 6.07) is -1.44. The lowest BCUT2D eigenvalue weighted by Gasteiger charge is -2.34. The third kappa shape index (κ3) is 5.65. The second-order valence-corrected chi connectivity index (χ2v) is 12.1. The lowest BCUT2D eigenvalue weighted by atomic mass is 9.85. The normalized spacial score (nSPS) is 25.3. The Hall–Kier alpha value is -2.05. The number of nitrogens with one attached hydrogen (secondary N) is 1. The Kier molecular flexibility index (Phi) is 7.25. The molecule has 2 unspecified atom stereocenters. The van der Waals surface area contributed by atoms with Crippen LogP contribution < -0.4 is 5.32 Å². The number of aromatic nitrogens is 3. The number of aliphatic hydroxyl groups excluding tert-OH is 1. The van der Waals surface area contributed by atoms with Gasteiger partial charge in [0.05, 0.1) is 29.5 Å². The smallest absolute Gasteiger partial charge is 0.248 e. The van der Waals surface area contributed by atoms with Gasteiger partial charge >= 0.3 is 0 Å².